The lowest BCUT2D eigenvalue weighted by atomic mass is 9.98. The fraction of sp³-hybridized carbons (Fsp3) is 0.300. The van der Waals surface area contributed by atoms with Crippen molar-refractivity contribution in [1.82, 2.24) is 0 Å². The van der Waals surface area contributed by atoms with Crippen LogP contribution in [0, 0.1) is 0 Å². The lowest BCUT2D eigenvalue weighted by molar-refractivity contribution is 0.415. The molecule has 0 aliphatic rings. The van der Waals surface area contributed by atoms with Crippen LogP contribution in [-0.2, 0) is 0 Å². The molecule has 2 rings (SSSR count). The SMILES string of the molecule is CC/C=C(\C)CC(Nc1ccc(OC)cc1)c1ccc(Cl)cc1. The van der Waals surface area contributed by atoms with Crippen molar-refractivity contribution in [2.75, 3.05) is 12.4 Å². The van der Waals surface area contributed by atoms with Crippen LogP contribution < -0.4 is 10.1 Å². The molecule has 0 saturated heterocycles. The molecule has 0 radical (unpaired) electrons. The standard InChI is InChI=1S/C20H24ClNO/c1-4-5-15(2)14-20(16-6-8-17(21)9-7-16)22-18-10-12-19(23-3)13-11-18/h5-13,20,22H,4,14H2,1-3H3/b15-5+. The third-order valence-electron chi connectivity index (χ3n) is 3.78. The number of hydrogen-bond donors (Lipinski definition) is 1. The van der Waals surface area contributed by atoms with E-state index in [1.807, 2.05) is 36.4 Å². The topological polar surface area (TPSA) is 21.3 Å². The smallest absolute Gasteiger partial charge is 0.119 e. The minimum atomic E-state index is 0.212. The second-order valence-corrected chi connectivity index (χ2v) is 6.08. The van der Waals surface area contributed by atoms with Crippen molar-refractivity contribution >= 4 is 17.3 Å². The Hall–Kier alpha value is -1.93. The summed E-state index contributed by atoms with van der Waals surface area (Å²) in [6.07, 6.45) is 4.29. The fourth-order valence-corrected chi connectivity index (χ4v) is 2.72. The van der Waals surface area contributed by atoms with Gasteiger partial charge in [-0.2, -0.15) is 0 Å². The van der Waals surface area contributed by atoms with Gasteiger partial charge in [0.1, 0.15) is 5.75 Å². The van der Waals surface area contributed by atoms with Gasteiger partial charge in [0, 0.05) is 10.7 Å². The van der Waals surface area contributed by atoms with Crippen molar-refractivity contribution < 1.29 is 4.74 Å². The van der Waals surface area contributed by atoms with E-state index in [-0.39, 0.29) is 6.04 Å². The number of methoxy groups -OCH3 is 1. The number of nitrogens with one attached hydrogen (secondary N) is 1. The van der Waals surface area contributed by atoms with E-state index >= 15 is 0 Å². The highest BCUT2D eigenvalue weighted by atomic mass is 35.5. The molecule has 0 heterocycles. The molecule has 1 atom stereocenters. The molecule has 2 nitrogen and oxygen atoms in total. The zero-order valence-electron chi connectivity index (χ0n) is 14.0. The largest absolute Gasteiger partial charge is 0.497 e. The number of ether oxygens (including phenoxy) is 1. The maximum absolute atomic E-state index is 6.02. The number of hydrogen-bond acceptors (Lipinski definition) is 2. The Kier molecular flexibility index (Phi) is 6.54. The highest BCUT2D eigenvalue weighted by Gasteiger charge is 2.12. The third kappa shape index (κ3) is 5.33. The first-order valence-electron chi connectivity index (χ1n) is 7.94. The Balaban J connectivity index is 2.21. The Morgan fingerprint density at radius 1 is 1.13 bits per heavy atom. The van der Waals surface area contributed by atoms with E-state index in [1.54, 1.807) is 7.11 Å². The van der Waals surface area contributed by atoms with Crippen LogP contribution in [0.3, 0.4) is 0 Å². The Morgan fingerprint density at radius 3 is 2.35 bits per heavy atom. The lowest BCUT2D eigenvalue weighted by Crippen LogP contribution is -2.11. The predicted octanol–water partition coefficient (Wildman–Crippen LogP) is 6.25. The van der Waals surface area contributed by atoms with Gasteiger partial charge in [-0.1, -0.05) is 42.3 Å². The summed E-state index contributed by atoms with van der Waals surface area (Å²) in [6, 6.07) is 16.3. The van der Waals surface area contributed by atoms with E-state index in [1.165, 1.54) is 11.1 Å². The summed E-state index contributed by atoms with van der Waals surface area (Å²) >= 11 is 6.02. The minimum Gasteiger partial charge on any atom is -0.497 e. The highest BCUT2D eigenvalue weighted by Crippen LogP contribution is 2.28. The van der Waals surface area contributed by atoms with Gasteiger partial charge in [0.15, 0.2) is 0 Å². The molecule has 2 aromatic carbocycles. The van der Waals surface area contributed by atoms with Gasteiger partial charge in [-0.05, 0) is 61.7 Å². The van der Waals surface area contributed by atoms with Crippen LogP contribution in [0.5, 0.6) is 5.75 Å². The normalized spacial score (nSPS) is 12.8. The molecule has 0 amide bonds. The minimum absolute atomic E-state index is 0.212. The van der Waals surface area contributed by atoms with Crippen LogP contribution in [0.15, 0.2) is 60.2 Å². The Labute approximate surface area is 144 Å². The fourth-order valence-electron chi connectivity index (χ4n) is 2.59. The molecule has 3 heteroatoms. The zero-order chi connectivity index (χ0) is 16.7. The van der Waals surface area contributed by atoms with Gasteiger partial charge in [0.2, 0.25) is 0 Å². The summed E-state index contributed by atoms with van der Waals surface area (Å²) in [5, 5.41) is 4.38. The summed E-state index contributed by atoms with van der Waals surface area (Å²) in [7, 11) is 1.68. The molecule has 0 spiro atoms. The van der Waals surface area contributed by atoms with Crippen LogP contribution in [0.25, 0.3) is 0 Å². The second kappa shape index (κ2) is 8.64. The molecule has 0 aliphatic carbocycles. The average Bonchev–Trinajstić information content (AvgIpc) is 2.56. The van der Waals surface area contributed by atoms with Gasteiger partial charge in [0.05, 0.1) is 13.2 Å². The maximum atomic E-state index is 6.02. The molecule has 1 N–H and O–H groups in total. The number of rotatable bonds is 7. The molecule has 0 aliphatic heterocycles. The third-order valence-corrected chi connectivity index (χ3v) is 4.03. The van der Waals surface area contributed by atoms with E-state index in [0.717, 1.165) is 29.3 Å². The molecular weight excluding hydrogens is 306 g/mol. The van der Waals surface area contributed by atoms with Crippen molar-refractivity contribution in [2.45, 2.75) is 32.7 Å². The lowest BCUT2D eigenvalue weighted by Gasteiger charge is -2.21. The molecule has 23 heavy (non-hydrogen) atoms. The number of allylic oxidation sites excluding steroid dienone is 1. The van der Waals surface area contributed by atoms with Crippen molar-refractivity contribution in [3.8, 4) is 5.75 Å². The number of anilines is 1. The quantitative estimate of drug-likeness (QED) is 0.606. The van der Waals surface area contributed by atoms with E-state index in [4.69, 9.17) is 16.3 Å². The van der Waals surface area contributed by atoms with Gasteiger partial charge in [0.25, 0.3) is 0 Å². The van der Waals surface area contributed by atoms with E-state index in [9.17, 15) is 0 Å². The van der Waals surface area contributed by atoms with Gasteiger partial charge in [-0.15, -0.1) is 0 Å². The van der Waals surface area contributed by atoms with E-state index < -0.39 is 0 Å². The van der Waals surface area contributed by atoms with Crippen molar-refractivity contribution in [2.24, 2.45) is 0 Å². The van der Waals surface area contributed by atoms with Crippen molar-refractivity contribution in [3.05, 3.63) is 70.8 Å². The molecule has 0 bridgehead atoms. The first kappa shape index (κ1) is 17.4. The van der Waals surface area contributed by atoms with Gasteiger partial charge in [-0.3, -0.25) is 0 Å². The van der Waals surface area contributed by atoms with Crippen LogP contribution in [0.4, 0.5) is 5.69 Å². The zero-order valence-corrected chi connectivity index (χ0v) is 14.7. The number of benzene rings is 2. The molecule has 0 fully saturated rings. The molecule has 1 unspecified atom stereocenters. The molecular formula is C20H24ClNO. The Morgan fingerprint density at radius 2 is 1.78 bits per heavy atom. The van der Waals surface area contributed by atoms with E-state index in [2.05, 4.69) is 37.4 Å². The van der Waals surface area contributed by atoms with Gasteiger partial charge in [-0.25, -0.2) is 0 Å². The molecule has 0 aromatic heterocycles. The summed E-state index contributed by atoms with van der Waals surface area (Å²) in [5.74, 6) is 0.862. The van der Waals surface area contributed by atoms with Crippen molar-refractivity contribution in [1.29, 1.82) is 0 Å². The highest BCUT2D eigenvalue weighted by molar-refractivity contribution is 6.30. The van der Waals surface area contributed by atoms with Crippen molar-refractivity contribution in [3.63, 3.8) is 0 Å². The second-order valence-electron chi connectivity index (χ2n) is 5.64. The Bertz CT molecular complexity index is 632. The van der Waals surface area contributed by atoms with Crippen LogP contribution >= 0.6 is 11.6 Å². The van der Waals surface area contributed by atoms with Crippen LogP contribution in [-0.4, -0.2) is 7.11 Å². The monoisotopic (exact) mass is 329 g/mol. The summed E-state index contributed by atoms with van der Waals surface area (Å²) in [6.45, 7) is 4.35. The maximum Gasteiger partial charge on any atom is 0.119 e. The molecule has 2 aromatic rings. The summed E-state index contributed by atoms with van der Waals surface area (Å²) < 4.78 is 5.22. The summed E-state index contributed by atoms with van der Waals surface area (Å²) in [5.41, 5.74) is 3.69. The van der Waals surface area contributed by atoms with Crippen LogP contribution in [0.1, 0.15) is 38.3 Å². The van der Waals surface area contributed by atoms with E-state index in [0.29, 0.717) is 0 Å². The number of halogens is 1. The summed E-state index contributed by atoms with van der Waals surface area (Å²) in [4.78, 5) is 0. The first-order chi connectivity index (χ1) is 11.1. The van der Waals surface area contributed by atoms with Gasteiger partial charge >= 0.3 is 0 Å². The average molecular weight is 330 g/mol. The molecule has 122 valence electrons. The first-order valence-corrected chi connectivity index (χ1v) is 8.32. The molecule has 0 saturated carbocycles. The van der Waals surface area contributed by atoms with Gasteiger partial charge < -0.3 is 10.1 Å². The van der Waals surface area contributed by atoms with Crippen LogP contribution in [0.2, 0.25) is 5.02 Å². The predicted molar refractivity (Wildman–Crippen MR) is 99.5 cm³/mol.